The lowest BCUT2D eigenvalue weighted by Gasteiger charge is -2.38. The third-order valence-corrected chi connectivity index (χ3v) is 9.53. The number of rotatable bonds is 15. The molecule has 4 aromatic rings. The van der Waals surface area contributed by atoms with Gasteiger partial charge in [-0.3, -0.25) is 15.0 Å². The zero-order valence-electron chi connectivity index (χ0n) is 26.4. The van der Waals surface area contributed by atoms with E-state index in [1.165, 1.54) is 11.3 Å². The van der Waals surface area contributed by atoms with Crippen LogP contribution >= 0.6 is 22.9 Å². The largest absolute Gasteiger partial charge is 0.483 e. The minimum Gasteiger partial charge on any atom is -0.483 e. The normalized spacial score (nSPS) is 18.9. The summed E-state index contributed by atoms with van der Waals surface area (Å²) in [4.78, 5) is 16.1. The molecule has 1 aromatic carbocycles. The second-order valence-electron chi connectivity index (χ2n) is 11.5. The monoisotopic (exact) mass is 691 g/mol. The molecule has 4 heterocycles. The fourth-order valence-electron chi connectivity index (χ4n) is 5.90. The third-order valence-electron chi connectivity index (χ3n) is 8.46. The standard InChI is InChI=1S/C32H38ClN11O3S/c1-2-26(18-43(21-34)41-35)47-29-15-22(3-8-27(29)33)23-16-37-32(38-17-23)39-28-19-44(40-31(28)46-20-30-36-9-14-48-30)25-6-4-24(5-7-25)42-10-12-45-13-11-42/h2-3,8-9,14-17,19,21,24-26,34-35H,1,4-7,10-13,18,20H2,(H,37,38,39)/t24?,25?,26-/m0/s1. The number of aromatic nitrogens is 5. The minimum absolute atomic E-state index is 0.141. The van der Waals surface area contributed by atoms with Crippen molar-refractivity contribution in [3.8, 4) is 22.8 Å². The highest BCUT2D eigenvalue weighted by molar-refractivity contribution is 7.09. The highest BCUT2D eigenvalue weighted by Crippen LogP contribution is 2.36. The summed E-state index contributed by atoms with van der Waals surface area (Å²) < 4.78 is 19.7. The van der Waals surface area contributed by atoms with Crippen LogP contribution in [0.1, 0.15) is 36.7 Å². The first kappa shape index (κ1) is 33.5. The van der Waals surface area contributed by atoms with Gasteiger partial charge in [0.2, 0.25) is 5.95 Å². The van der Waals surface area contributed by atoms with Crippen LogP contribution in [0.5, 0.6) is 11.6 Å². The number of nitrogens with zero attached hydrogens (tertiary/aromatic N) is 8. The maximum Gasteiger partial charge on any atom is 0.257 e. The van der Waals surface area contributed by atoms with E-state index in [9.17, 15) is 0 Å². The van der Waals surface area contributed by atoms with Gasteiger partial charge in [-0.25, -0.2) is 20.0 Å². The zero-order chi connectivity index (χ0) is 33.3. The van der Waals surface area contributed by atoms with E-state index in [4.69, 9.17) is 41.9 Å². The molecular weight excluding hydrogens is 654 g/mol. The average molecular weight is 692 g/mol. The van der Waals surface area contributed by atoms with Crippen molar-refractivity contribution in [2.45, 2.75) is 50.5 Å². The predicted octanol–water partition coefficient (Wildman–Crippen LogP) is 6.38. The van der Waals surface area contributed by atoms with E-state index in [-0.39, 0.29) is 12.6 Å². The number of hydrogen-bond acceptors (Lipinski definition) is 13. The van der Waals surface area contributed by atoms with Gasteiger partial charge in [-0.1, -0.05) is 29.5 Å². The second-order valence-corrected chi connectivity index (χ2v) is 12.8. The molecular formula is C32H38ClN11O3S. The van der Waals surface area contributed by atoms with Crippen LogP contribution in [-0.2, 0) is 11.3 Å². The number of anilines is 2. The van der Waals surface area contributed by atoms with Gasteiger partial charge >= 0.3 is 0 Å². The molecule has 0 amide bonds. The van der Waals surface area contributed by atoms with Gasteiger partial charge in [0, 0.05) is 48.7 Å². The molecule has 1 saturated heterocycles. The van der Waals surface area contributed by atoms with Crippen molar-refractivity contribution in [2.24, 2.45) is 5.22 Å². The number of ether oxygens (including phenoxy) is 3. The van der Waals surface area contributed by atoms with Crippen LogP contribution in [0, 0.1) is 10.9 Å². The van der Waals surface area contributed by atoms with Crippen LogP contribution < -0.4 is 14.8 Å². The molecule has 0 bridgehead atoms. The van der Waals surface area contributed by atoms with Gasteiger partial charge in [0.15, 0.2) is 0 Å². The molecule has 252 valence electrons. The first-order chi connectivity index (χ1) is 23.5. The van der Waals surface area contributed by atoms with Crippen LogP contribution in [0.2, 0.25) is 5.02 Å². The Labute approximate surface area is 287 Å². The molecule has 3 aromatic heterocycles. The molecule has 14 nitrogen and oxygen atoms in total. The number of halogens is 1. The molecule has 1 atom stereocenters. The highest BCUT2D eigenvalue weighted by atomic mass is 35.5. The average Bonchev–Trinajstić information content (AvgIpc) is 3.81. The Kier molecular flexibility index (Phi) is 11.2. The summed E-state index contributed by atoms with van der Waals surface area (Å²) in [5.41, 5.74) is 9.42. The van der Waals surface area contributed by atoms with Gasteiger partial charge in [0.25, 0.3) is 5.88 Å². The van der Waals surface area contributed by atoms with Crippen molar-refractivity contribution in [1.29, 1.82) is 10.9 Å². The first-order valence-corrected chi connectivity index (χ1v) is 17.0. The topological polar surface area (TPSA) is 163 Å². The predicted molar refractivity (Wildman–Crippen MR) is 183 cm³/mol. The number of benzene rings is 1. The number of thiazole rings is 1. The third kappa shape index (κ3) is 8.34. The highest BCUT2D eigenvalue weighted by Gasteiger charge is 2.29. The van der Waals surface area contributed by atoms with Crippen molar-refractivity contribution < 1.29 is 14.2 Å². The van der Waals surface area contributed by atoms with Gasteiger partial charge in [-0.05, 0) is 49.5 Å². The molecule has 2 aliphatic rings. The van der Waals surface area contributed by atoms with Crippen LogP contribution in [0.4, 0.5) is 11.6 Å². The summed E-state index contributed by atoms with van der Waals surface area (Å²) >= 11 is 7.97. The SMILES string of the molecule is C=C[C@@H](CN(C=N)N=N)Oc1cc(-c2cnc(Nc3cn(C4CCC(N5CCOCC5)CC4)nc3OCc3nccs3)nc2)ccc1Cl. The Hall–Kier alpha value is -4.44. The Balaban J connectivity index is 1.15. The fourth-order valence-corrected chi connectivity index (χ4v) is 6.59. The number of nitrogens with one attached hydrogen (secondary N) is 3. The van der Waals surface area contributed by atoms with Crippen molar-refractivity contribution in [3.63, 3.8) is 0 Å². The molecule has 2 fully saturated rings. The number of morpholine rings is 1. The van der Waals surface area contributed by atoms with Crippen LogP contribution in [0.25, 0.3) is 11.1 Å². The Bertz CT molecular complexity index is 1650. The lowest BCUT2D eigenvalue weighted by atomic mass is 9.90. The van der Waals surface area contributed by atoms with E-state index < -0.39 is 6.10 Å². The van der Waals surface area contributed by atoms with Crippen molar-refractivity contribution >= 4 is 40.9 Å². The Morgan fingerprint density at radius 2 is 1.92 bits per heavy atom. The maximum absolute atomic E-state index is 7.37. The second kappa shape index (κ2) is 16.1. The van der Waals surface area contributed by atoms with E-state index in [0.29, 0.717) is 40.9 Å². The molecule has 1 aliphatic heterocycles. The summed E-state index contributed by atoms with van der Waals surface area (Å²) in [6.45, 7) is 7.91. The Morgan fingerprint density at radius 3 is 2.60 bits per heavy atom. The summed E-state index contributed by atoms with van der Waals surface area (Å²) in [7, 11) is 0. The van der Waals surface area contributed by atoms with Gasteiger partial charge in [-0.15, -0.1) is 16.4 Å². The first-order valence-electron chi connectivity index (χ1n) is 15.8. The van der Waals surface area contributed by atoms with E-state index in [2.05, 4.69) is 37.0 Å². The maximum atomic E-state index is 7.37. The van der Waals surface area contributed by atoms with Crippen molar-refractivity contribution in [2.75, 3.05) is 38.2 Å². The molecule has 48 heavy (non-hydrogen) atoms. The van der Waals surface area contributed by atoms with E-state index >= 15 is 0 Å². The van der Waals surface area contributed by atoms with Crippen LogP contribution in [0.3, 0.4) is 0 Å². The summed E-state index contributed by atoms with van der Waals surface area (Å²) in [6, 6.07) is 6.26. The summed E-state index contributed by atoms with van der Waals surface area (Å²) in [6.07, 6.45) is 13.5. The molecule has 16 heteroatoms. The molecule has 1 saturated carbocycles. The molecule has 3 N–H and O–H groups in total. The fraction of sp³-hybridized carbons (Fsp3) is 0.406. The lowest BCUT2D eigenvalue weighted by molar-refractivity contribution is 0.00502. The quantitative estimate of drug-likeness (QED) is 0.0419. The van der Waals surface area contributed by atoms with Gasteiger partial charge < -0.3 is 19.5 Å². The van der Waals surface area contributed by atoms with Crippen molar-refractivity contribution in [3.05, 3.63) is 71.1 Å². The molecule has 6 rings (SSSR count). The van der Waals surface area contributed by atoms with E-state index in [1.807, 2.05) is 22.3 Å². The summed E-state index contributed by atoms with van der Waals surface area (Å²) in [5.74, 6) is 1.30. The Morgan fingerprint density at radius 1 is 1.15 bits per heavy atom. The van der Waals surface area contributed by atoms with E-state index in [0.717, 1.165) is 79.5 Å². The van der Waals surface area contributed by atoms with Gasteiger partial charge in [0.05, 0.1) is 37.0 Å². The minimum atomic E-state index is -0.552. The smallest absolute Gasteiger partial charge is 0.257 e. The van der Waals surface area contributed by atoms with Gasteiger partial charge in [0.1, 0.15) is 35.5 Å². The summed E-state index contributed by atoms with van der Waals surface area (Å²) in [5, 5.41) is 23.1. The van der Waals surface area contributed by atoms with Gasteiger partial charge in [-0.2, -0.15) is 5.53 Å². The molecule has 1 aliphatic carbocycles. The number of hydrogen-bond donors (Lipinski definition) is 3. The molecule has 0 radical (unpaired) electrons. The zero-order valence-corrected chi connectivity index (χ0v) is 27.9. The van der Waals surface area contributed by atoms with Crippen molar-refractivity contribution in [1.82, 2.24) is 34.6 Å². The van der Waals surface area contributed by atoms with Crippen LogP contribution in [0.15, 0.2) is 66.2 Å². The van der Waals surface area contributed by atoms with E-state index in [1.54, 1.807) is 36.8 Å². The molecule has 0 unspecified atom stereocenters. The lowest BCUT2D eigenvalue weighted by Crippen LogP contribution is -2.45. The van der Waals surface area contributed by atoms with Crippen LogP contribution in [-0.4, -0.2) is 86.0 Å². The molecule has 0 spiro atoms.